The van der Waals surface area contributed by atoms with Crippen LogP contribution in [-0.2, 0) is 0 Å². The highest BCUT2D eigenvalue weighted by atomic mass is 16.1. The van der Waals surface area contributed by atoms with Gasteiger partial charge in [-0.05, 0) is 39.5 Å². The molecule has 1 amide bonds. The zero-order valence-electron chi connectivity index (χ0n) is 10.9. The molecule has 0 atom stereocenters. The number of nitrogens with two attached hydrogens (primary N) is 1. The third-order valence-corrected chi connectivity index (χ3v) is 2.54. The van der Waals surface area contributed by atoms with Crippen LogP contribution >= 0.6 is 0 Å². The Hall–Kier alpha value is -1.66. The van der Waals surface area contributed by atoms with E-state index in [1.54, 1.807) is 12.3 Å². The summed E-state index contributed by atoms with van der Waals surface area (Å²) in [5.74, 6) is 5.19. The molecule has 0 aliphatic carbocycles. The minimum absolute atomic E-state index is 0.129. The van der Waals surface area contributed by atoms with Crippen molar-refractivity contribution >= 4 is 11.6 Å². The fourth-order valence-corrected chi connectivity index (χ4v) is 1.56. The first-order chi connectivity index (χ1) is 8.65. The van der Waals surface area contributed by atoms with Crippen LogP contribution in [0.5, 0.6) is 0 Å². The summed E-state index contributed by atoms with van der Waals surface area (Å²) >= 11 is 0. The molecule has 0 saturated carbocycles. The topological polar surface area (TPSA) is 83.3 Å². The van der Waals surface area contributed by atoms with Crippen LogP contribution < -0.4 is 16.6 Å². The van der Waals surface area contributed by atoms with Gasteiger partial charge in [0, 0.05) is 12.7 Å². The van der Waals surface area contributed by atoms with Crippen molar-refractivity contribution in [3.05, 3.63) is 24.0 Å². The van der Waals surface area contributed by atoms with Crippen LogP contribution in [0.15, 0.2) is 18.5 Å². The zero-order chi connectivity index (χ0) is 13.4. The summed E-state index contributed by atoms with van der Waals surface area (Å²) in [6.07, 6.45) is 5.12. The van der Waals surface area contributed by atoms with Gasteiger partial charge >= 0.3 is 0 Å². The SMILES string of the molecule is CN(C)CCCCNC(=O)c1ccncc1NN. The van der Waals surface area contributed by atoms with Crippen molar-refractivity contribution in [2.75, 3.05) is 32.6 Å². The van der Waals surface area contributed by atoms with Crippen molar-refractivity contribution in [1.82, 2.24) is 15.2 Å². The van der Waals surface area contributed by atoms with Crippen molar-refractivity contribution in [3.8, 4) is 0 Å². The van der Waals surface area contributed by atoms with Crippen molar-refractivity contribution in [2.24, 2.45) is 5.84 Å². The number of hydrogen-bond acceptors (Lipinski definition) is 5. The summed E-state index contributed by atoms with van der Waals surface area (Å²) < 4.78 is 0. The van der Waals surface area contributed by atoms with E-state index < -0.39 is 0 Å². The average Bonchev–Trinajstić information content (AvgIpc) is 2.37. The normalized spacial score (nSPS) is 10.4. The van der Waals surface area contributed by atoms with Crippen LogP contribution in [0.1, 0.15) is 23.2 Å². The van der Waals surface area contributed by atoms with Crippen molar-refractivity contribution in [3.63, 3.8) is 0 Å². The summed E-state index contributed by atoms with van der Waals surface area (Å²) in [6, 6.07) is 1.64. The molecule has 1 rings (SSSR count). The standard InChI is InChI=1S/C12H21N5O/c1-17(2)8-4-3-6-15-12(18)10-5-7-14-9-11(10)16-13/h5,7,9,16H,3-4,6,8,13H2,1-2H3,(H,15,18). The molecule has 1 heterocycles. The Morgan fingerprint density at radius 1 is 1.44 bits per heavy atom. The fraction of sp³-hybridized carbons (Fsp3) is 0.500. The molecule has 0 aliphatic rings. The monoisotopic (exact) mass is 251 g/mol. The number of amides is 1. The summed E-state index contributed by atoms with van der Waals surface area (Å²) in [5, 5.41) is 2.87. The van der Waals surface area contributed by atoms with Crippen LogP contribution in [-0.4, -0.2) is 43.0 Å². The molecule has 4 N–H and O–H groups in total. The number of anilines is 1. The molecule has 6 nitrogen and oxygen atoms in total. The van der Waals surface area contributed by atoms with E-state index in [4.69, 9.17) is 5.84 Å². The van der Waals surface area contributed by atoms with Gasteiger partial charge in [0.15, 0.2) is 0 Å². The van der Waals surface area contributed by atoms with E-state index in [9.17, 15) is 4.79 Å². The zero-order valence-corrected chi connectivity index (χ0v) is 10.9. The lowest BCUT2D eigenvalue weighted by Crippen LogP contribution is -2.26. The molecule has 0 spiro atoms. The first kappa shape index (κ1) is 14.4. The second kappa shape index (κ2) is 7.62. The number of rotatable bonds is 7. The van der Waals surface area contributed by atoms with Crippen molar-refractivity contribution in [2.45, 2.75) is 12.8 Å². The van der Waals surface area contributed by atoms with E-state index in [0.717, 1.165) is 19.4 Å². The number of nitrogens with one attached hydrogen (secondary N) is 2. The van der Waals surface area contributed by atoms with Gasteiger partial charge in [-0.2, -0.15) is 0 Å². The van der Waals surface area contributed by atoms with Crippen LogP contribution in [0.3, 0.4) is 0 Å². The van der Waals surface area contributed by atoms with Crippen molar-refractivity contribution < 1.29 is 4.79 Å². The molecule has 1 aromatic heterocycles. The summed E-state index contributed by atoms with van der Waals surface area (Å²) in [6.45, 7) is 1.69. The Bertz CT molecular complexity index is 380. The van der Waals surface area contributed by atoms with Gasteiger partial charge in [0.25, 0.3) is 5.91 Å². The third-order valence-electron chi connectivity index (χ3n) is 2.54. The number of aromatic nitrogens is 1. The first-order valence-corrected chi connectivity index (χ1v) is 5.98. The smallest absolute Gasteiger partial charge is 0.253 e. The highest BCUT2D eigenvalue weighted by Crippen LogP contribution is 2.11. The van der Waals surface area contributed by atoms with Crippen LogP contribution in [0.2, 0.25) is 0 Å². The fourth-order valence-electron chi connectivity index (χ4n) is 1.56. The second-order valence-electron chi connectivity index (χ2n) is 4.33. The number of nitrogens with zero attached hydrogens (tertiary/aromatic N) is 2. The van der Waals surface area contributed by atoms with Crippen LogP contribution in [0, 0.1) is 0 Å². The molecule has 18 heavy (non-hydrogen) atoms. The average molecular weight is 251 g/mol. The molecule has 6 heteroatoms. The Labute approximate surface area is 108 Å². The van der Waals surface area contributed by atoms with Gasteiger partial charge in [-0.25, -0.2) is 0 Å². The predicted molar refractivity (Wildman–Crippen MR) is 72.2 cm³/mol. The predicted octanol–water partition coefficient (Wildman–Crippen LogP) is 0.439. The molecular formula is C12H21N5O. The maximum atomic E-state index is 11.9. The molecule has 0 aromatic carbocycles. The summed E-state index contributed by atoms with van der Waals surface area (Å²) in [5.41, 5.74) is 3.51. The van der Waals surface area contributed by atoms with E-state index in [-0.39, 0.29) is 5.91 Å². The number of carbonyl (C=O) groups is 1. The van der Waals surface area contributed by atoms with Crippen LogP contribution in [0.25, 0.3) is 0 Å². The highest BCUT2D eigenvalue weighted by Gasteiger charge is 2.09. The molecular weight excluding hydrogens is 230 g/mol. The number of carbonyl (C=O) groups excluding carboxylic acids is 1. The maximum absolute atomic E-state index is 11.9. The molecule has 0 saturated heterocycles. The van der Waals surface area contributed by atoms with Gasteiger partial charge in [-0.15, -0.1) is 0 Å². The van der Waals surface area contributed by atoms with Gasteiger partial charge in [0.1, 0.15) is 0 Å². The van der Waals surface area contributed by atoms with E-state index in [0.29, 0.717) is 17.8 Å². The number of nitrogen functional groups attached to an aromatic ring is 1. The van der Waals surface area contributed by atoms with E-state index in [2.05, 4.69) is 20.6 Å². The van der Waals surface area contributed by atoms with E-state index >= 15 is 0 Å². The lowest BCUT2D eigenvalue weighted by molar-refractivity contribution is 0.0953. The minimum atomic E-state index is -0.129. The molecule has 0 fully saturated rings. The van der Waals surface area contributed by atoms with E-state index in [1.165, 1.54) is 6.20 Å². The molecule has 1 aromatic rings. The lowest BCUT2D eigenvalue weighted by Gasteiger charge is -2.10. The molecule has 0 aliphatic heterocycles. The number of unbranched alkanes of at least 4 members (excludes halogenated alkanes) is 1. The Morgan fingerprint density at radius 3 is 2.89 bits per heavy atom. The second-order valence-corrected chi connectivity index (χ2v) is 4.33. The number of hydrazine groups is 1. The lowest BCUT2D eigenvalue weighted by atomic mass is 10.2. The Kier molecular flexibility index (Phi) is 6.10. The first-order valence-electron chi connectivity index (χ1n) is 5.98. The summed E-state index contributed by atoms with van der Waals surface area (Å²) in [7, 11) is 4.07. The van der Waals surface area contributed by atoms with Gasteiger partial charge in [-0.3, -0.25) is 15.6 Å². The third kappa shape index (κ3) is 4.68. The van der Waals surface area contributed by atoms with Crippen LogP contribution in [0.4, 0.5) is 5.69 Å². The maximum Gasteiger partial charge on any atom is 0.253 e. The quantitative estimate of drug-likeness (QED) is 0.372. The largest absolute Gasteiger partial charge is 0.352 e. The minimum Gasteiger partial charge on any atom is -0.352 e. The van der Waals surface area contributed by atoms with Crippen molar-refractivity contribution in [1.29, 1.82) is 0 Å². The summed E-state index contributed by atoms with van der Waals surface area (Å²) in [4.78, 5) is 17.9. The highest BCUT2D eigenvalue weighted by molar-refractivity contribution is 5.99. The number of hydrogen-bond donors (Lipinski definition) is 3. The van der Waals surface area contributed by atoms with Gasteiger partial charge < -0.3 is 15.6 Å². The van der Waals surface area contributed by atoms with Gasteiger partial charge in [0.2, 0.25) is 0 Å². The molecule has 0 radical (unpaired) electrons. The molecule has 0 bridgehead atoms. The van der Waals surface area contributed by atoms with E-state index in [1.807, 2.05) is 14.1 Å². The Balaban J connectivity index is 2.36. The molecule has 0 unspecified atom stereocenters. The molecule has 100 valence electrons. The number of pyridine rings is 1. The van der Waals surface area contributed by atoms with Gasteiger partial charge in [-0.1, -0.05) is 0 Å². The Morgan fingerprint density at radius 2 is 2.22 bits per heavy atom. The van der Waals surface area contributed by atoms with Gasteiger partial charge in [0.05, 0.1) is 17.4 Å².